The number of hydrogen-bond acceptors (Lipinski definition) is 5. The molecule has 24 heavy (non-hydrogen) atoms. The van der Waals surface area contributed by atoms with Crippen LogP contribution < -0.4 is 20.7 Å². The van der Waals surface area contributed by atoms with Crippen molar-refractivity contribution in [2.45, 2.75) is 12.8 Å². The highest BCUT2D eigenvalue weighted by molar-refractivity contribution is 6.06. The summed E-state index contributed by atoms with van der Waals surface area (Å²) in [6, 6.07) is 8.78. The number of carbonyl (C=O) groups is 1. The fraction of sp³-hybridized carbons (Fsp3) is 0.353. The monoisotopic (exact) mass is 327 g/mol. The topological polar surface area (TPSA) is 99.1 Å². The number of nitrogens with one attached hydrogen (secondary N) is 4. The Morgan fingerprint density at radius 2 is 2.25 bits per heavy atom. The molecule has 1 aromatic carbocycles. The van der Waals surface area contributed by atoms with E-state index in [9.17, 15) is 4.79 Å². The van der Waals surface area contributed by atoms with Gasteiger partial charge in [0.25, 0.3) is 0 Å². The van der Waals surface area contributed by atoms with Gasteiger partial charge in [0.1, 0.15) is 5.84 Å². The standard InChI is InChI=1S/C17H21N5O2/c1-24-14-8-7-11-4-2-6-13(15(11)21-14)20-17(23)22-16(18)12-5-3-9-19-10-12/h2,4,6-8,12,19H,3,5,9-10H2,1H3,(H3,18,20,22,23). The second-order valence-electron chi connectivity index (χ2n) is 5.77. The number of piperidine rings is 1. The number of rotatable bonds is 3. The third-order valence-corrected chi connectivity index (χ3v) is 4.11. The number of fused-ring (bicyclic) bond motifs is 1. The second-order valence-corrected chi connectivity index (χ2v) is 5.77. The van der Waals surface area contributed by atoms with E-state index in [1.807, 2.05) is 18.2 Å². The SMILES string of the molecule is COc1ccc2cccc(NC(=O)NC(=N)C3CCCNC3)c2n1. The molecule has 2 amide bonds. The molecular weight excluding hydrogens is 306 g/mol. The summed E-state index contributed by atoms with van der Waals surface area (Å²) in [5.41, 5.74) is 1.23. The Morgan fingerprint density at radius 1 is 1.38 bits per heavy atom. The molecule has 1 saturated heterocycles. The molecule has 2 heterocycles. The molecule has 0 radical (unpaired) electrons. The van der Waals surface area contributed by atoms with Crippen LogP contribution in [-0.4, -0.2) is 37.1 Å². The van der Waals surface area contributed by atoms with Gasteiger partial charge in [0.2, 0.25) is 5.88 Å². The van der Waals surface area contributed by atoms with Gasteiger partial charge in [-0.2, -0.15) is 0 Å². The van der Waals surface area contributed by atoms with E-state index >= 15 is 0 Å². The van der Waals surface area contributed by atoms with Crippen molar-refractivity contribution < 1.29 is 9.53 Å². The third kappa shape index (κ3) is 3.62. The minimum absolute atomic E-state index is 0.0511. The van der Waals surface area contributed by atoms with Gasteiger partial charge in [0, 0.05) is 23.9 Å². The number of nitrogens with zero attached hydrogens (tertiary/aromatic N) is 1. The lowest BCUT2D eigenvalue weighted by Gasteiger charge is -2.23. The summed E-state index contributed by atoms with van der Waals surface area (Å²) in [5, 5.41) is 17.6. The molecule has 0 aliphatic carbocycles. The zero-order valence-corrected chi connectivity index (χ0v) is 13.6. The summed E-state index contributed by atoms with van der Waals surface area (Å²) in [6.07, 6.45) is 1.93. The van der Waals surface area contributed by atoms with E-state index in [1.54, 1.807) is 19.2 Å². The number of pyridine rings is 1. The molecular formula is C17H21N5O2. The minimum Gasteiger partial charge on any atom is -0.481 e. The molecule has 1 aliphatic heterocycles. The number of amides is 2. The molecule has 0 saturated carbocycles. The Hall–Kier alpha value is -2.67. The fourth-order valence-electron chi connectivity index (χ4n) is 2.82. The maximum Gasteiger partial charge on any atom is 0.324 e. The van der Waals surface area contributed by atoms with E-state index in [-0.39, 0.29) is 11.8 Å². The molecule has 1 fully saturated rings. The highest BCUT2D eigenvalue weighted by Crippen LogP contribution is 2.24. The molecule has 7 heteroatoms. The zero-order valence-electron chi connectivity index (χ0n) is 13.6. The number of urea groups is 1. The minimum atomic E-state index is -0.428. The van der Waals surface area contributed by atoms with E-state index in [2.05, 4.69) is 20.9 Å². The summed E-state index contributed by atoms with van der Waals surface area (Å²) < 4.78 is 5.15. The van der Waals surface area contributed by atoms with Crippen molar-refractivity contribution in [1.82, 2.24) is 15.6 Å². The van der Waals surface area contributed by atoms with Crippen molar-refractivity contribution in [1.29, 1.82) is 5.41 Å². The third-order valence-electron chi connectivity index (χ3n) is 4.11. The Kier molecular flexibility index (Phi) is 4.90. The summed E-state index contributed by atoms with van der Waals surface area (Å²) in [6.45, 7) is 1.70. The van der Waals surface area contributed by atoms with Crippen LogP contribution in [0.4, 0.5) is 10.5 Å². The second kappa shape index (κ2) is 7.27. The number of para-hydroxylation sites is 1. The van der Waals surface area contributed by atoms with Crippen molar-refractivity contribution >= 4 is 28.5 Å². The Bertz CT molecular complexity index is 756. The molecule has 1 atom stereocenters. The summed E-state index contributed by atoms with van der Waals surface area (Å²) in [4.78, 5) is 16.6. The molecule has 0 bridgehead atoms. The first-order chi connectivity index (χ1) is 11.7. The van der Waals surface area contributed by atoms with Gasteiger partial charge < -0.3 is 15.4 Å². The number of hydrogen-bond donors (Lipinski definition) is 4. The van der Waals surface area contributed by atoms with Crippen LogP contribution in [0, 0.1) is 11.3 Å². The molecule has 1 aliphatic rings. The number of anilines is 1. The van der Waals surface area contributed by atoms with Crippen LogP contribution in [0.2, 0.25) is 0 Å². The Labute approximate surface area is 140 Å². The first-order valence-electron chi connectivity index (χ1n) is 7.98. The number of amidine groups is 1. The maximum atomic E-state index is 12.2. The molecule has 3 rings (SSSR count). The molecule has 0 spiro atoms. The van der Waals surface area contributed by atoms with Gasteiger partial charge in [-0.05, 0) is 31.5 Å². The predicted molar refractivity (Wildman–Crippen MR) is 93.8 cm³/mol. The van der Waals surface area contributed by atoms with E-state index in [4.69, 9.17) is 10.1 Å². The molecule has 4 N–H and O–H groups in total. The largest absolute Gasteiger partial charge is 0.481 e. The van der Waals surface area contributed by atoms with Crippen LogP contribution in [-0.2, 0) is 0 Å². The van der Waals surface area contributed by atoms with Crippen molar-refractivity contribution in [2.75, 3.05) is 25.5 Å². The molecule has 2 aromatic rings. The number of benzene rings is 1. The lowest BCUT2D eigenvalue weighted by Crippen LogP contribution is -2.43. The number of ether oxygens (including phenoxy) is 1. The Morgan fingerprint density at radius 3 is 3.00 bits per heavy atom. The lowest BCUT2D eigenvalue weighted by molar-refractivity contribution is 0.255. The summed E-state index contributed by atoms with van der Waals surface area (Å²) in [5.74, 6) is 0.777. The van der Waals surface area contributed by atoms with Gasteiger partial charge in [-0.3, -0.25) is 10.7 Å². The van der Waals surface area contributed by atoms with Gasteiger partial charge in [0.05, 0.1) is 18.3 Å². The van der Waals surface area contributed by atoms with Crippen LogP contribution in [0.25, 0.3) is 10.9 Å². The quantitative estimate of drug-likeness (QED) is 0.513. The lowest BCUT2D eigenvalue weighted by atomic mass is 9.98. The van der Waals surface area contributed by atoms with E-state index in [0.29, 0.717) is 17.1 Å². The average molecular weight is 327 g/mol. The van der Waals surface area contributed by atoms with Crippen LogP contribution >= 0.6 is 0 Å². The zero-order chi connectivity index (χ0) is 16.9. The number of carbonyl (C=O) groups excluding carboxylic acids is 1. The predicted octanol–water partition coefficient (Wildman–Crippen LogP) is 2.34. The first-order valence-corrected chi connectivity index (χ1v) is 7.98. The van der Waals surface area contributed by atoms with Crippen LogP contribution in [0.3, 0.4) is 0 Å². The van der Waals surface area contributed by atoms with E-state index in [0.717, 1.165) is 31.3 Å². The molecule has 7 nitrogen and oxygen atoms in total. The molecule has 126 valence electrons. The van der Waals surface area contributed by atoms with Crippen LogP contribution in [0.15, 0.2) is 30.3 Å². The highest BCUT2D eigenvalue weighted by Gasteiger charge is 2.19. The fourth-order valence-corrected chi connectivity index (χ4v) is 2.82. The maximum absolute atomic E-state index is 12.2. The van der Waals surface area contributed by atoms with Gasteiger partial charge in [-0.1, -0.05) is 12.1 Å². The number of methoxy groups -OCH3 is 1. The Balaban J connectivity index is 1.71. The average Bonchev–Trinajstić information content (AvgIpc) is 2.62. The van der Waals surface area contributed by atoms with Crippen molar-refractivity contribution in [2.24, 2.45) is 5.92 Å². The van der Waals surface area contributed by atoms with Crippen molar-refractivity contribution in [3.8, 4) is 5.88 Å². The van der Waals surface area contributed by atoms with Gasteiger partial charge in [0.15, 0.2) is 0 Å². The first kappa shape index (κ1) is 16.2. The summed E-state index contributed by atoms with van der Waals surface area (Å²) >= 11 is 0. The van der Waals surface area contributed by atoms with Crippen molar-refractivity contribution in [3.05, 3.63) is 30.3 Å². The summed E-state index contributed by atoms with van der Waals surface area (Å²) in [7, 11) is 1.55. The van der Waals surface area contributed by atoms with E-state index in [1.165, 1.54) is 0 Å². The van der Waals surface area contributed by atoms with Gasteiger partial charge >= 0.3 is 6.03 Å². The van der Waals surface area contributed by atoms with Gasteiger partial charge in [-0.25, -0.2) is 9.78 Å². The van der Waals surface area contributed by atoms with Crippen LogP contribution in [0.1, 0.15) is 12.8 Å². The van der Waals surface area contributed by atoms with Crippen LogP contribution in [0.5, 0.6) is 5.88 Å². The molecule has 1 unspecified atom stereocenters. The highest BCUT2D eigenvalue weighted by atomic mass is 16.5. The number of aromatic nitrogens is 1. The van der Waals surface area contributed by atoms with Crippen molar-refractivity contribution in [3.63, 3.8) is 0 Å². The smallest absolute Gasteiger partial charge is 0.324 e. The molecule has 1 aromatic heterocycles. The normalized spacial score (nSPS) is 17.3. The van der Waals surface area contributed by atoms with Gasteiger partial charge in [-0.15, -0.1) is 0 Å². The van der Waals surface area contributed by atoms with E-state index < -0.39 is 6.03 Å².